The van der Waals surface area contributed by atoms with Gasteiger partial charge < -0.3 is 9.47 Å². The van der Waals surface area contributed by atoms with Crippen LogP contribution in [0, 0.1) is 19.3 Å². The van der Waals surface area contributed by atoms with E-state index in [4.69, 9.17) is 9.47 Å². The van der Waals surface area contributed by atoms with Crippen LogP contribution in [-0.4, -0.2) is 27.5 Å². The number of carbonyl (C=O) groups excluding carboxylic acids is 1. The lowest BCUT2D eigenvalue weighted by Gasteiger charge is -2.17. The van der Waals surface area contributed by atoms with Gasteiger partial charge in [-0.3, -0.25) is 9.78 Å². The quantitative estimate of drug-likeness (QED) is 0.460. The van der Waals surface area contributed by atoms with Gasteiger partial charge in [-0.1, -0.05) is 11.8 Å². The van der Waals surface area contributed by atoms with Gasteiger partial charge in [0.15, 0.2) is 5.16 Å². The molecule has 3 rings (SSSR count). The first-order chi connectivity index (χ1) is 12.3. The lowest BCUT2D eigenvalue weighted by atomic mass is 9.97. The number of hydrogen-bond acceptors (Lipinski definition) is 7. The number of rotatable bonds is 4. The summed E-state index contributed by atoms with van der Waals surface area (Å²) in [6.07, 6.45) is 2.45. The molecule has 0 saturated heterocycles. The molecule has 1 aliphatic heterocycles. The van der Waals surface area contributed by atoms with E-state index in [1.165, 1.54) is 17.3 Å². The summed E-state index contributed by atoms with van der Waals surface area (Å²) in [7, 11) is 0. The van der Waals surface area contributed by atoms with E-state index in [2.05, 4.69) is 21.9 Å². The van der Waals surface area contributed by atoms with Crippen LogP contribution in [0.2, 0.25) is 0 Å². The van der Waals surface area contributed by atoms with Crippen molar-refractivity contribution in [2.24, 2.45) is 5.41 Å². The molecule has 0 radical (unpaired) electrons. The zero-order valence-corrected chi connectivity index (χ0v) is 16.6. The van der Waals surface area contributed by atoms with Crippen molar-refractivity contribution in [1.29, 1.82) is 0 Å². The van der Waals surface area contributed by atoms with E-state index in [0.717, 1.165) is 16.8 Å². The summed E-state index contributed by atoms with van der Waals surface area (Å²) in [6, 6.07) is 1.99. The molecule has 0 bridgehead atoms. The maximum atomic E-state index is 12.3. The Morgan fingerprint density at radius 2 is 2.08 bits per heavy atom. The number of thioether (sulfide) groups is 1. The second-order valence-electron chi connectivity index (χ2n) is 7.31. The number of hydrogen-bond donors (Lipinski definition) is 0. The monoisotopic (exact) mass is 373 g/mol. The zero-order valence-electron chi connectivity index (χ0n) is 15.8. The van der Waals surface area contributed by atoms with Gasteiger partial charge in [0, 0.05) is 24.1 Å². The highest BCUT2D eigenvalue weighted by Gasteiger charge is 2.29. The van der Waals surface area contributed by atoms with E-state index in [-0.39, 0.29) is 5.97 Å². The number of ether oxygens (including phenoxy) is 2. The van der Waals surface area contributed by atoms with Gasteiger partial charge in [-0.25, -0.2) is 0 Å². The highest BCUT2D eigenvalue weighted by molar-refractivity contribution is 7.98. The van der Waals surface area contributed by atoms with Crippen LogP contribution in [0.5, 0.6) is 11.8 Å². The molecule has 26 heavy (non-hydrogen) atoms. The molecule has 0 amide bonds. The summed E-state index contributed by atoms with van der Waals surface area (Å²) in [5.41, 5.74) is 3.50. The molecular weight excluding hydrogens is 350 g/mol. The topological polar surface area (TPSA) is 74.2 Å². The number of aromatic nitrogens is 3. The molecule has 138 valence electrons. The standard InChI is InChI=1S/C19H23N3O3S/c1-11-6-8-20-12(2)14(11)10-26-18-21-15-13(7-9-24-15)16(22-18)25-17(23)19(3,4)5/h6,8H,7,9-10H2,1-5H3. The molecule has 1 aliphatic rings. The average molecular weight is 373 g/mol. The zero-order chi connectivity index (χ0) is 18.9. The molecule has 0 unspecified atom stereocenters. The fourth-order valence-electron chi connectivity index (χ4n) is 2.48. The van der Waals surface area contributed by atoms with E-state index in [9.17, 15) is 4.79 Å². The molecule has 0 atom stereocenters. The SMILES string of the molecule is Cc1ccnc(C)c1CSc1nc2c(c(OC(=O)C(C)(C)C)n1)CCO2. The molecule has 6 nitrogen and oxygen atoms in total. The van der Waals surface area contributed by atoms with Crippen molar-refractivity contribution in [3.05, 3.63) is 34.6 Å². The third kappa shape index (κ3) is 3.98. The van der Waals surface area contributed by atoms with Gasteiger partial charge in [0.1, 0.15) is 0 Å². The Balaban J connectivity index is 1.85. The van der Waals surface area contributed by atoms with Crippen LogP contribution in [0.3, 0.4) is 0 Å². The third-order valence-corrected chi connectivity index (χ3v) is 5.03. The highest BCUT2D eigenvalue weighted by Crippen LogP contribution is 2.35. The van der Waals surface area contributed by atoms with E-state index < -0.39 is 5.41 Å². The predicted octanol–water partition coefficient (Wildman–Crippen LogP) is 3.67. The summed E-state index contributed by atoms with van der Waals surface area (Å²) in [6.45, 7) is 10.0. The maximum Gasteiger partial charge on any atom is 0.317 e. The van der Waals surface area contributed by atoms with Crippen molar-refractivity contribution in [2.45, 2.75) is 51.9 Å². The summed E-state index contributed by atoms with van der Waals surface area (Å²) in [5, 5.41) is 0.532. The van der Waals surface area contributed by atoms with E-state index >= 15 is 0 Å². The Morgan fingerprint density at radius 3 is 2.77 bits per heavy atom. The minimum Gasteiger partial charge on any atom is -0.477 e. The van der Waals surface area contributed by atoms with Crippen LogP contribution in [0.1, 0.15) is 43.2 Å². The van der Waals surface area contributed by atoms with Gasteiger partial charge in [0.05, 0.1) is 17.6 Å². The van der Waals surface area contributed by atoms with Crippen LogP contribution in [0.15, 0.2) is 17.4 Å². The first-order valence-corrected chi connectivity index (χ1v) is 9.54. The van der Waals surface area contributed by atoms with Gasteiger partial charge in [-0.2, -0.15) is 9.97 Å². The second-order valence-corrected chi connectivity index (χ2v) is 8.26. The average Bonchev–Trinajstić information content (AvgIpc) is 3.02. The smallest absolute Gasteiger partial charge is 0.317 e. The molecule has 7 heteroatoms. The molecule has 3 heterocycles. The lowest BCUT2D eigenvalue weighted by molar-refractivity contribution is -0.143. The van der Waals surface area contributed by atoms with Crippen molar-refractivity contribution in [2.75, 3.05) is 6.61 Å². The summed E-state index contributed by atoms with van der Waals surface area (Å²) in [4.78, 5) is 25.6. The van der Waals surface area contributed by atoms with Crippen LogP contribution in [-0.2, 0) is 17.0 Å². The second kappa shape index (κ2) is 7.23. The van der Waals surface area contributed by atoms with Gasteiger partial charge in [0.25, 0.3) is 0 Å². The minimum atomic E-state index is -0.603. The van der Waals surface area contributed by atoms with Crippen molar-refractivity contribution in [3.63, 3.8) is 0 Å². The summed E-state index contributed by atoms with van der Waals surface area (Å²) in [5.74, 6) is 1.20. The first kappa shape index (κ1) is 18.6. The number of aryl methyl sites for hydroxylation is 2. The van der Waals surface area contributed by atoms with E-state index in [1.807, 2.05) is 40.0 Å². The van der Waals surface area contributed by atoms with Gasteiger partial charge in [0.2, 0.25) is 11.8 Å². The molecule has 2 aromatic heterocycles. The molecule has 2 aromatic rings. The lowest BCUT2D eigenvalue weighted by Crippen LogP contribution is -2.26. The van der Waals surface area contributed by atoms with Crippen molar-refractivity contribution in [1.82, 2.24) is 15.0 Å². The number of nitrogens with zero attached hydrogens (tertiary/aromatic N) is 3. The molecule has 0 spiro atoms. The number of carbonyl (C=O) groups is 1. The van der Waals surface area contributed by atoms with Crippen LogP contribution < -0.4 is 9.47 Å². The van der Waals surface area contributed by atoms with Gasteiger partial charge in [-0.05, 0) is 51.8 Å². The van der Waals surface area contributed by atoms with Crippen LogP contribution >= 0.6 is 11.8 Å². The normalized spacial score (nSPS) is 13.3. The Morgan fingerprint density at radius 1 is 1.31 bits per heavy atom. The Hall–Kier alpha value is -2.15. The molecule has 0 aliphatic carbocycles. The van der Waals surface area contributed by atoms with E-state index in [1.54, 1.807) is 0 Å². The third-order valence-electron chi connectivity index (χ3n) is 4.15. The summed E-state index contributed by atoms with van der Waals surface area (Å²) >= 11 is 1.48. The number of esters is 1. The van der Waals surface area contributed by atoms with Crippen molar-refractivity contribution in [3.8, 4) is 11.8 Å². The largest absolute Gasteiger partial charge is 0.477 e. The Labute approximate surface area is 157 Å². The van der Waals surface area contributed by atoms with Gasteiger partial charge >= 0.3 is 5.97 Å². The summed E-state index contributed by atoms with van der Waals surface area (Å²) < 4.78 is 11.1. The molecule has 0 aromatic carbocycles. The Bertz CT molecular complexity index is 826. The van der Waals surface area contributed by atoms with Crippen LogP contribution in [0.4, 0.5) is 0 Å². The molecule has 0 fully saturated rings. The Kier molecular flexibility index (Phi) is 5.18. The molecule has 0 N–H and O–H groups in total. The minimum absolute atomic E-state index is 0.314. The van der Waals surface area contributed by atoms with Crippen molar-refractivity contribution < 1.29 is 14.3 Å². The first-order valence-electron chi connectivity index (χ1n) is 8.55. The highest BCUT2D eigenvalue weighted by atomic mass is 32.2. The maximum absolute atomic E-state index is 12.3. The van der Waals surface area contributed by atoms with Crippen molar-refractivity contribution >= 4 is 17.7 Å². The fraction of sp³-hybridized carbons (Fsp3) is 0.474. The van der Waals surface area contributed by atoms with Crippen LogP contribution in [0.25, 0.3) is 0 Å². The molecule has 0 saturated carbocycles. The number of pyridine rings is 1. The van der Waals surface area contributed by atoms with E-state index in [0.29, 0.717) is 35.7 Å². The molecular formula is C19H23N3O3S. The predicted molar refractivity (Wildman–Crippen MR) is 99.6 cm³/mol. The number of fused-ring (bicyclic) bond motifs is 1. The van der Waals surface area contributed by atoms with Gasteiger partial charge in [-0.15, -0.1) is 0 Å². The fourth-order valence-corrected chi connectivity index (χ4v) is 3.48.